The van der Waals surface area contributed by atoms with Crippen molar-refractivity contribution in [1.82, 2.24) is 9.21 Å². The quantitative estimate of drug-likeness (QED) is 0.725. The van der Waals surface area contributed by atoms with Gasteiger partial charge in [-0.25, -0.2) is 8.42 Å². The Morgan fingerprint density at radius 2 is 1.80 bits per heavy atom. The maximum absolute atomic E-state index is 13.1. The fourth-order valence-electron chi connectivity index (χ4n) is 4.19. The number of benzene rings is 1. The second-order valence-electron chi connectivity index (χ2n) is 7.39. The molecule has 5 nitrogen and oxygen atoms in total. The molecule has 0 radical (unpaired) electrons. The lowest BCUT2D eigenvalue weighted by Crippen LogP contribution is -2.58. The first kappa shape index (κ1) is 18.8. The van der Waals surface area contributed by atoms with Crippen LogP contribution in [-0.4, -0.2) is 63.1 Å². The van der Waals surface area contributed by atoms with Crippen molar-refractivity contribution in [2.45, 2.75) is 56.5 Å². The van der Waals surface area contributed by atoms with Crippen LogP contribution in [0.25, 0.3) is 0 Å². The Kier molecular flexibility index (Phi) is 5.83. The molecule has 140 valence electrons. The lowest BCUT2D eigenvalue weighted by molar-refractivity contribution is 0.0666. The van der Waals surface area contributed by atoms with Gasteiger partial charge in [-0.15, -0.1) is 0 Å². The number of aryl methyl sites for hydroxylation is 2. The average molecular weight is 367 g/mol. The summed E-state index contributed by atoms with van der Waals surface area (Å²) in [6, 6.07) is 6.12. The Balaban J connectivity index is 1.73. The second kappa shape index (κ2) is 7.74. The summed E-state index contributed by atoms with van der Waals surface area (Å²) < 4.78 is 33.1. The van der Waals surface area contributed by atoms with Crippen molar-refractivity contribution in [3.63, 3.8) is 0 Å². The van der Waals surface area contributed by atoms with E-state index >= 15 is 0 Å². The summed E-state index contributed by atoms with van der Waals surface area (Å²) >= 11 is 0. The predicted molar refractivity (Wildman–Crippen MR) is 99.3 cm³/mol. The van der Waals surface area contributed by atoms with Gasteiger partial charge in [-0.3, -0.25) is 4.90 Å². The normalized spacial score (nSPS) is 25.2. The van der Waals surface area contributed by atoms with Gasteiger partial charge in [-0.05, 0) is 62.8 Å². The van der Waals surface area contributed by atoms with Gasteiger partial charge in [0.05, 0.1) is 4.90 Å². The molecule has 0 saturated carbocycles. The van der Waals surface area contributed by atoms with Gasteiger partial charge in [-0.2, -0.15) is 4.31 Å². The van der Waals surface area contributed by atoms with Gasteiger partial charge in [0.1, 0.15) is 0 Å². The molecule has 1 aromatic rings. The Labute approximate surface area is 152 Å². The van der Waals surface area contributed by atoms with Crippen LogP contribution >= 0.6 is 0 Å². The molecule has 0 N–H and O–H groups in total. The highest BCUT2D eigenvalue weighted by molar-refractivity contribution is 7.89. The molecule has 0 spiro atoms. The highest BCUT2D eigenvalue weighted by atomic mass is 32.2. The van der Waals surface area contributed by atoms with Crippen LogP contribution in [0.3, 0.4) is 0 Å². The SMILES string of the molecule is COCCCN1C(C)CN(S(=O)(=O)c2ccc3c(c2)CCC3)CC1C. The highest BCUT2D eigenvalue weighted by Gasteiger charge is 2.36. The first-order chi connectivity index (χ1) is 11.9. The maximum atomic E-state index is 13.1. The number of nitrogens with zero attached hydrogens (tertiary/aromatic N) is 2. The zero-order valence-corrected chi connectivity index (χ0v) is 16.4. The first-order valence-corrected chi connectivity index (χ1v) is 10.7. The van der Waals surface area contributed by atoms with E-state index in [4.69, 9.17) is 4.74 Å². The van der Waals surface area contributed by atoms with Gasteiger partial charge in [0.25, 0.3) is 0 Å². The van der Waals surface area contributed by atoms with E-state index in [1.807, 2.05) is 12.1 Å². The predicted octanol–water partition coefficient (Wildman–Crippen LogP) is 2.30. The van der Waals surface area contributed by atoms with Crippen molar-refractivity contribution in [2.24, 2.45) is 0 Å². The van der Waals surface area contributed by atoms with Crippen LogP contribution in [0.4, 0.5) is 0 Å². The molecule has 0 aromatic heterocycles. The van der Waals surface area contributed by atoms with Crippen molar-refractivity contribution in [3.05, 3.63) is 29.3 Å². The van der Waals surface area contributed by atoms with E-state index in [0.29, 0.717) is 18.0 Å². The van der Waals surface area contributed by atoms with Crippen molar-refractivity contribution in [3.8, 4) is 0 Å². The minimum atomic E-state index is -3.42. The lowest BCUT2D eigenvalue weighted by Gasteiger charge is -2.43. The molecule has 1 aliphatic heterocycles. The largest absolute Gasteiger partial charge is 0.385 e. The van der Waals surface area contributed by atoms with Crippen molar-refractivity contribution in [2.75, 3.05) is 33.4 Å². The molecule has 1 saturated heterocycles. The minimum absolute atomic E-state index is 0.213. The number of piperazine rings is 1. The lowest BCUT2D eigenvalue weighted by atomic mass is 10.1. The van der Waals surface area contributed by atoms with E-state index in [1.165, 1.54) is 11.1 Å². The molecule has 2 aliphatic rings. The molecule has 0 amide bonds. The zero-order chi connectivity index (χ0) is 18.0. The van der Waals surface area contributed by atoms with Crippen LogP contribution in [0.2, 0.25) is 0 Å². The van der Waals surface area contributed by atoms with Crippen LogP contribution in [0.5, 0.6) is 0 Å². The fraction of sp³-hybridized carbons (Fsp3) is 0.684. The average Bonchev–Trinajstić information content (AvgIpc) is 3.04. The first-order valence-electron chi connectivity index (χ1n) is 9.30. The summed E-state index contributed by atoms with van der Waals surface area (Å²) in [6.45, 7) is 7.03. The second-order valence-corrected chi connectivity index (χ2v) is 9.33. The van der Waals surface area contributed by atoms with Gasteiger partial charge in [0, 0.05) is 45.4 Å². The topological polar surface area (TPSA) is 49.9 Å². The molecule has 2 atom stereocenters. The molecule has 1 heterocycles. The van der Waals surface area contributed by atoms with Crippen LogP contribution < -0.4 is 0 Å². The third-order valence-corrected chi connectivity index (χ3v) is 7.37. The number of sulfonamides is 1. The third-order valence-electron chi connectivity index (χ3n) is 5.54. The summed E-state index contributed by atoms with van der Waals surface area (Å²) in [5.41, 5.74) is 2.52. The molecule has 1 fully saturated rings. The number of fused-ring (bicyclic) bond motifs is 1. The number of ether oxygens (including phenoxy) is 1. The Morgan fingerprint density at radius 3 is 2.48 bits per heavy atom. The van der Waals surface area contributed by atoms with Gasteiger partial charge in [0.15, 0.2) is 0 Å². The summed E-state index contributed by atoms with van der Waals surface area (Å²) in [6.07, 6.45) is 4.18. The molecule has 6 heteroatoms. The van der Waals surface area contributed by atoms with Crippen LogP contribution in [0.1, 0.15) is 37.8 Å². The van der Waals surface area contributed by atoms with Crippen LogP contribution in [0.15, 0.2) is 23.1 Å². The van der Waals surface area contributed by atoms with Gasteiger partial charge in [-0.1, -0.05) is 6.07 Å². The van der Waals surface area contributed by atoms with Crippen LogP contribution in [0, 0.1) is 0 Å². The number of methoxy groups -OCH3 is 1. The van der Waals surface area contributed by atoms with Gasteiger partial charge < -0.3 is 4.74 Å². The summed E-state index contributed by atoms with van der Waals surface area (Å²) in [4.78, 5) is 2.86. The smallest absolute Gasteiger partial charge is 0.243 e. The van der Waals surface area contributed by atoms with E-state index in [2.05, 4.69) is 18.7 Å². The number of hydrogen-bond donors (Lipinski definition) is 0. The molecule has 2 unspecified atom stereocenters. The molecule has 1 aliphatic carbocycles. The Hall–Kier alpha value is -0.950. The summed E-state index contributed by atoms with van der Waals surface area (Å²) in [7, 11) is -1.70. The molecular formula is C19H30N2O3S. The van der Waals surface area contributed by atoms with E-state index < -0.39 is 10.0 Å². The van der Waals surface area contributed by atoms with Crippen molar-refractivity contribution < 1.29 is 13.2 Å². The minimum Gasteiger partial charge on any atom is -0.385 e. The summed E-state index contributed by atoms with van der Waals surface area (Å²) in [5.74, 6) is 0. The van der Waals surface area contributed by atoms with Crippen LogP contribution in [-0.2, 0) is 27.6 Å². The molecule has 0 bridgehead atoms. The maximum Gasteiger partial charge on any atom is 0.243 e. The Morgan fingerprint density at radius 1 is 1.12 bits per heavy atom. The molecule has 25 heavy (non-hydrogen) atoms. The Bertz CT molecular complexity index is 693. The summed E-state index contributed by atoms with van der Waals surface area (Å²) in [5, 5.41) is 0. The third kappa shape index (κ3) is 3.92. The highest BCUT2D eigenvalue weighted by Crippen LogP contribution is 2.28. The van der Waals surface area contributed by atoms with E-state index in [1.54, 1.807) is 17.5 Å². The van der Waals surface area contributed by atoms with Crippen molar-refractivity contribution >= 4 is 10.0 Å². The van der Waals surface area contributed by atoms with E-state index in [-0.39, 0.29) is 12.1 Å². The van der Waals surface area contributed by atoms with Gasteiger partial charge >= 0.3 is 0 Å². The van der Waals surface area contributed by atoms with Gasteiger partial charge in [0.2, 0.25) is 10.0 Å². The standard InChI is InChI=1S/C19H30N2O3S/c1-15-13-20(14-16(2)21(15)10-5-11-24-3)25(22,23)19-9-8-17-6-4-7-18(17)12-19/h8-9,12,15-16H,4-7,10-11,13-14H2,1-3H3. The monoisotopic (exact) mass is 366 g/mol. The van der Waals surface area contributed by atoms with E-state index in [9.17, 15) is 8.42 Å². The molecule has 3 rings (SSSR count). The fourth-order valence-corrected chi connectivity index (χ4v) is 5.85. The number of hydrogen-bond acceptors (Lipinski definition) is 4. The molecular weight excluding hydrogens is 336 g/mol. The zero-order valence-electron chi connectivity index (χ0n) is 15.6. The van der Waals surface area contributed by atoms with Crippen molar-refractivity contribution in [1.29, 1.82) is 0 Å². The van der Waals surface area contributed by atoms with E-state index in [0.717, 1.165) is 38.8 Å². The number of rotatable bonds is 6. The molecule has 1 aromatic carbocycles.